The number of hydrogen-bond acceptors (Lipinski definition) is 6. The van der Waals surface area contributed by atoms with Crippen molar-refractivity contribution in [2.45, 2.75) is 45.1 Å². The molecule has 0 aliphatic carbocycles. The maximum Gasteiger partial charge on any atom is 0.269 e. The molecule has 0 spiro atoms. The molecule has 1 heterocycles. The van der Waals surface area contributed by atoms with E-state index in [0.717, 1.165) is 0 Å². The molecule has 7 heteroatoms. The van der Waals surface area contributed by atoms with Gasteiger partial charge in [-0.1, -0.05) is 20.8 Å². The highest BCUT2D eigenvalue weighted by Gasteiger charge is 2.38. The van der Waals surface area contributed by atoms with Crippen LogP contribution in [0.25, 0.3) is 0 Å². The van der Waals surface area contributed by atoms with Crippen LogP contribution in [0, 0.1) is 10.1 Å². The molecule has 0 fully saturated rings. The van der Waals surface area contributed by atoms with Gasteiger partial charge in [0.25, 0.3) is 5.69 Å². The molecule has 1 aliphatic rings. The number of non-ortho nitro benzene ring substituents is 1. The van der Waals surface area contributed by atoms with Crippen molar-refractivity contribution in [3.05, 3.63) is 57.6 Å². The van der Waals surface area contributed by atoms with Crippen LogP contribution in [-0.4, -0.2) is 28.0 Å². The summed E-state index contributed by atoms with van der Waals surface area (Å²) in [5, 5.41) is 21.0. The van der Waals surface area contributed by atoms with Crippen molar-refractivity contribution in [2.75, 3.05) is 6.61 Å². The predicted octanol–water partition coefficient (Wildman–Crippen LogP) is 4.40. The van der Waals surface area contributed by atoms with E-state index in [1.54, 1.807) is 13.0 Å². The normalized spacial score (nSPS) is 18.9. The van der Waals surface area contributed by atoms with Crippen molar-refractivity contribution < 1.29 is 24.3 Å². The lowest BCUT2D eigenvalue weighted by Crippen LogP contribution is -2.44. The molecule has 0 bridgehead atoms. The third-order valence-electron chi connectivity index (χ3n) is 4.69. The number of phenols is 1. The maximum absolute atomic E-state index is 12.6. The zero-order valence-electron chi connectivity index (χ0n) is 16.3. The molecule has 2 aromatic rings. The summed E-state index contributed by atoms with van der Waals surface area (Å²) in [7, 11) is 0. The Balaban J connectivity index is 1.81. The molecule has 0 amide bonds. The number of Topliss-reactive ketones (excluding diaryl/α,β-unsaturated/α-hetero) is 1. The highest BCUT2D eigenvalue weighted by Crippen LogP contribution is 2.41. The number of aromatic hydroxyl groups is 1. The van der Waals surface area contributed by atoms with Crippen LogP contribution in [0.15, 0.2) is 36.4 Å². The summed E-state index contributed by atoms with van der Waals surface area (Å²) in [6.07, 6.45) is 0.0985. The molecule has 1 N–H and O–H groups in total. The lowest BCUT2D eigenvalue weighted by Gasteiger charge is -2.35. The van der Waals surface area contributed by atoms with Crippen LogP contribution >= 0.6 is 0 Å². The number of nitro groups is 1. The van der Waals surface area contributed by atoms with E-state index in [-0.39, 0.29) is 35.7 Å². The number of phenolic OH excluding ortho intramolecular Hbond substituents is 1. The van der Waals surface area contributed by atoms with E-state index in [1.165, 1.54) is 30.3 Å². The van der Waals surface area contributed by atoms with Crippen molar-refractivity contribution in [1.82, 2.24) is 0 Å². The number of nitro benzene ring substituents is 1. The van der Waals surface area contributed by atoms with Crippen molar-refractivity contribution in [3.8, 4) is 17.2 Å². The fourth-order valence-corrected chi connectivity index (χ4v) is 3.19. The van der Waals surface area contributed by atoms with Crippen LogP contribution in [0.4, 0.5) is 5.69 Å². The number of benzene rings is 2. The Labute approximate surface area is 163 Å². The second-order valence-corrected chi connectivity index (χ2v) is 8.31. The number of ether oxygens (including phenoxy) is 2. The van der Waals surface area contributed by atoms with Gasteiger partial charge < -0.3 is 14.6 Å². The number of rotatable bonds is 4. The second-order valence-electron chi connectivity index (χ2n) is 8.31. The Morgan fingerprint density at radius 3 is 2.46 bits per heavy atom. The fourth-order valence-electron chi connectivity index (χ4n) is 3.19. The first-order valence-corrected chi connectivity index (χ1v) is 8.95. The monoisotopic (exact) mass is 385 g/mol. The van der Waals surface area contributed by atoms with E-state index in [9.17, 15) is 20.0 Å². The lowest BCUT2D eigenvalue weighted by molar-refractivity contribution is -0.384. The second kappa shape index (κ2) is 6.82. The van der Waals surface area contributed by atoms with Crippen LogP contribution in [0.3, 0.4) is 0 Å². The lowest BCUT2D eigenvalue weighted by atomic mass is 9.83. The first kappa shape index (κ1) is 19.7. The molecular formula is C21H23NO6. The Hall–Kier alpha value is -3.09. The van der Waals surface area contributed by atoms with E-state index in [0.29, 0.717) is 22.6 Å². The van der Waals surface area contributed by atoms with Crippen LogP contribution in [0.1, 0.15) is 50.0 Å². The molecule has 3 rings (SSSR count). The molecular weight excluding hydrogens is 362 g/mol. The van der Waals surface area contributed by atoms with Gasteiger partial charge in [-0.05, 0) is 36.6 Å². The minimum Gasteiger partial charge on any atom is -0.508 e. The van der Waals surface area contributed by atoms with Gasteiger partial charge in [-0.15, -0.1) is 0 Å². The number of nitrogens with zero attached hydrogens (tertiary/aromatic N) is 1. The first-order valence-electron chi connectivity index (χ1n) is 8.95. The van der Waals surface area contributed by atoms with Crippen molar-refractivity contribution >= 4 is 11.5 Å². The van der Waals surface area contributed by atoms with Gasteiger partial charge in [0, 0.05) is 17.7 Å². The molecule has 1 unspecified atom stereocenters. The van der Waals surface area contributed by atoms with Gasteiger partial charge >= 0.3 is 0 Å². The zero-order chi connectivity index (χ0) is 20.7. The van der Waals surface area contributed by atoms with E-state index >= 15 is 0 Å². The number of carbonyl (C=O) groups excluding carboxylic acids is 1. The van der Waals surface area contributed by atoms with Gasteiger partial charge in [0.1, 0.15) is 29.5 Å². The Bertz CT molecular complexity index is 929. The highest BCUT2D eigenvalue weighted by atomic mass is 16.6. The number of carbonyl (C=O) groups is 1. The number of ketones is 1. The van der Waals surface area contributed by atoms with E-state index in [4.69, 9.17) is 9.47 Å². The van der Waals surface area contributed by atoms with Gasteiger partial charge in [0.2, 0.25) is 0 Å². The van der Waals surface area contributed by atoms with E-state index < -0.39 is 10.5 Å². The standard InChI is InChI=1S/C21H23NO6/c1-20(2,3)16-10-19-15(9-17(16)23)18(24)11-21(4,28-19)12-27-14-7-5-13(6-8-14)22(25)26/h5-10,23H,11-12H2,1-4H3. The maximum atomic E-state index is 12.6. The van der Waals surface area contributed by atoms with E-state index in [2.05, 4.69) is 0 Å². The Morgan fingerprint density at radius 1 is 1.25 bits per heavy atom. The molecule has 0 saturated heterocycles. The summed E-state index contributed by atoms with van der Waals surface area (Å²) in [5.74, 6) is 0.823. The minimum atomic E-state index is -0.891. The van der Waals surface area contributed by atoms with Crippen LogP contribution < -0.4 is 9.47 Å². The van der Waals surface area contributed by atoms with Crippen LogP contribution in [-0.2, 0) is 5.41 Å². The molecule has 2 aromatic carbocycles. The van der Waals surface area contributed by atoms with Gasteiger partial charge in [-0.3, -0.25) is 14.9 Å². The molecule has 148 valence electrons. The molecule has 0 aromatic heterocycles. The molecule has 28 heavy (non-hydrogen) atoms. The Kier molecular flexibility index (Phi) is 4.79. The summed E-state index contributed by atoms with van der Waals surface area (Å²) >= 11 is 0. The summed E-state index contributed by atoms with van der Waals surface area (Å²) in [6.45, 7) is 7.78. The van der Waals surface area contributed by atoms with Gasteiger partial charge in [0.15, 0.2) is 5.78 Å². The summed E-state index contributed by atoms with van der Waals surface area (Å²) in [5.41, 5.74) is -0.170. The number of hydrogen-bond donors (Lipinski definition) is 1. The van der Waals surface area contributed by atoms with Crippen molar-refractivity contribution in [2.24, 2.45) is 0 Å². The van der Waals surface area contributed by atoms with Gasteiger partial charge in [-0.25, -0.2) is 0 Å². The topological polar surface area (TPSA) is 98.9 Å². The molecule has 1 atom stereocenters. The largest absolute Gasteiger partial charge is 0.508 e. The summed E-state index contributed by atoms with van der Waals surface area (Å²) < 4.78 is 11.8. The van der Waals surface area contributed by atoms with Gasteiger partial charge in [-0.2, -0.15) is 0 Å². The first-order chi connectivity index (χ1) is 13.0. The van der Waals surface area contributed by atoms with E-state index in [1.807, 2.05) is 20.8 Å². The molecule has 0 saturated carbocycles. The predicted molar refractivity (Wildman–Crippen MR) is 103 cm³/mol. The Morgan fingerprint density at radius 2 is 1.89 bits per heavy atom. The highest BCUT2D eigenvalue weighted by molar-refractivity contribution is 6.01. The summed E-state index contributed by atoms with van der Waals surface area (Å²) in [4.78, 5) is 22.9. The SMILES string of the molecule is CC1(COc2ccc([N+](=O)[O-])cc2)CC(=O)c2cc(O)c(C(C)(C)C)cc2O1. The molecule has 7 nitrogen and oxygen atoms in total. The average Bonchev–Trinajstić information content (AvgIpc) is 2.60. The van der Waals surface area contributed by atoms with Gasteiger partial charge in [0.05, 0.1) is 16.9 Å². The zero-order valence-corrected chi connectivity index (χ0v) is 16.3. The number of fused-ring (bicyclic) bond motifs is 1. The van der Waals surface area contributed by atoms with Crippen LogP contribution in [0.5, 0.6) is 17.2 Å². The fraction of sp³-hybridized carbons (Fsp3) is 0.381. The third kappa shape index (κ3) is 3.93. The third-order valence-corrected chi connectivity index (χ3v) is 4.69. The average molecular weight is 385 g/mol. The molecule has 0 radical (unpaired) electrons. The summed E-state index contributed by atoms with van der Waals surface area (Å²) in [6, 6.07) is 8.92. The smallest absolute Gasteiger partial charge is 0.269 e. The van der Waals surface area contributed by atoms with Crippen LogP contribution in [0.2, 0.25) is 0 Å². The van der Waals surface area contributed by atoms with Crippen molar-refractivity contribution in [1.29, 1.82) is 0 Å². The van der Waals surface area contributed by atoms with Crippen molar-refractivity contribution in [3.63, 3.8) is 0 Å². The minimum absolute atomic E-state index is 0.0221. The molecule has 1 aliphatic heterocycles. The quantitative estimate of drug-likeness (QED) is 0.619.